The number of carbonyl (C=O) groups is 1. The highest BCUT2D eigenvalue weighted by Crippen LogP contribution is 2.28. The number of hydrogen-bond acceptors (Lipinski definition) is 4. The van der Waals surface area contributed by atoms with E-state index in [0.29, 0.717) is 18.7 Å². The topological polar surface area (TPSA) is 55.2 Å². The Morgan fingerprint density at radius 1 is 1.38 bits per heavy atom. The minimum atomic E-state index is -0.223. The van der Waals surface area contributed by atoms with Crippen molar-refractivity contribution in [3.8, 4) is 0 Å². The van der Waals surface area contributed by atoms with E-state index in [1.165, 1.54) is 11.8 Å². The fraction of sp³-hybridized carbons (Fsp3) is 0.389. The maximum atomic E-state index is 12.8. The number of benzene rings is 1. The quantitative estimate of drug-likeness (QED) is 0.804. The number of para-hydroxylation sites is 1. The minimum Gasteiger partial charge on any atom is -0.315 e. The van der Waals surface area contributed by atoms with E-state index in [9.17, 15) is 9.59 Å². The molecule has 0 fully saturated rings. The minimum absolute atomic E-state index is 0.00707. The van der Waals surface area contributed by atoms with Gasteiger partial charge in [0, 0.05) is 36.3 Å². The highest BCUT2D eigenvalue weighted by Gasteiger charge is 2.30. The summed E-state index contributed by atoms with van der Waals surface area (Å²) >= 11 is 1.49. The maximum Gasteiger partial charge on any atom is 0.257 e. The van der Waals surface area contributed by atoms with Crippen molar-refractivity contribution in [2.24, 2.45) is 5.92 Å². The second-order valence-corrected chi connectivity index (χ2v) is 6.96. The van der Waals surface area contributed by atoms with Gasteiger partial charge in [-0.25, -0.2) is 4.98 Å². The van der Waals surface area contributed by atoms with E-state index >= 15 is 0 Å². The Bertz CT molecular complexity index is 817. The van der Waals surface area contributed by atoms with Crippen molar-refractivity contribution in [3.63, 3.8) is 0 Å². The standard InChI is InChI=1S/C18H21N3O2S/c1-4-15-12(2)19-18-21(17(15)23)10-13(11-24-18)16(22)20(3)14-8-6-5-7-9-14/h5-9,13H,4,10-11H2,1-3H3. The van der Waals surface area contributed by atoms with Crippen LogP contribution in [0.3, 0.4) is 0 Å². The van der Waals surface area contributed by atoms with Gasteiger partial charge < -0.3 is 4.90 Å². The SMILES string of the molecule is CCc1c(C)nc2n(c1=O)CC(C(=O)N(C)c1ccccc1)CS2. The molecule has 5 nitrogen and oxygen atoms in total. The molecule has 126 valence electrons. The first-order chi connectivity index (χ1) is 11.5. The molecule has 1 atom stereocenters. The Hall–Kier alpha value is -2.08. The lowest BCUT2D eigenvalue weighted by Gasteiger charge is -2.28. The predicted molar refractivity (Wildman–Crippen MR) is 96.7 cm³/mol. The third kappa shape index (κ3) is 2.98. The number of fused-ring (bicyclic) bond motifs is 1. The molecule has 1 unspecified atom stereocenters. The molecule has 1 aliphatic heterocycles. The summed E-state index contributed by atoms with van der Waals surface area (Å²) in [5, 5.41) is 0.723. The number of thioether (sulfide) groups is 1. The molecule has 0 radical (unpaired) electrons. The zero-order chi connectivity index (χ0) is 17.3. The summed E-state index contributed by atoms with van der Waals surface area (Å²) in [5.74, 6) is 0.456. The molecular formula is C18H21N3O2S. The molecule has 0 saturated carbocycles. The van der Waals surface area contributed by atoms with Gasteiger partial charge in [0.05, 0.1) is 5.92 Å². The van der Waals surface area contributed by atoms with E-state index in [2.05, 4.69) is 4.98 Å². The van der Waals surface area contributed by atoms with Crippen LogP contribution in [-0.2, 0) is 17.8 Å². The van der Waals surface area contributed by atoms with Crippen molar-refractivity contribution < 1.29 is 4.79 Å². The van der Waals surface area contributed by atoms with Crippen LogP contribution in [-0.4, -0.2) is 28.3 Å². The Labute approximate surface area is 145 Å². The maximum absolute atomic E-state index is 12.8. The Kier molecular flexibility index (Phi) is 4.76. The molecule has 2 heterocycles. The lowest BCUT2D eigenvalue weighted by Crippen LogP contribution is -2.41. The largest absolute Gasteiger partial charge is 0.315 e. The molecule has 0 bridgehead atoms. The van der Waals surface area contributed by atoms with Gasteiger partial charge in [0.15, 0.2) is 5.16 Å². The average molecular weight is 343 g/mol. The summed E-state index contributed by atoms with van der Waals surface area (Å²) < 4.78 is 1.67. The molecule has 6 heteroatoms. The summed E-state index contributed by atoms with van der Waals surface area (Å²) in [6.07, 6.45) is 0.658. The molecule has 1 amide bonds. The highest BCUT2D eigenvalue weighted by molar-refractivity contribution is 7.99. The Balaban J connectivity index is 1.87. The van der Waals surface area contributed by atoms with Gasteiger partial charge in [-0.2, -0.15) is 0 Å². The van der Waals surface area contributed by atoms with Gasteiger partial charge in [-0.05, 0) is 25.5 Å². The number of aromatic nitrogens is 2. The van der Waals surface area contributed by atoms with E-state index in [1.807, 2.05) is 44.2 Å². The zero-order valence-electron chi connectivity index (χ0n) is 14.2. The van der Waals surface area contributed by atoms with Crippen molar-refractivity contribution in [1.82, 2.24) is 9.55 Å². The van der Waals surface area contributed by atoms with Crippen molar-refractivity contribution >= 4 is 23.4 Å². The van der Waals surface area contributed by atoms with Crippen molar-refractivity contribution in [2.45, 2.75) is 32.0 Å². The lowest BCUT2D eigenvalue weighted by atomic mass is 10.1. The van der Waals surface area contributed by atoms with Gasteiger partial charge in [0.1, 0.15) is 0 Å². The van der Waals surface area contributed by atoms with Gasteiger partial charge in [0.25, 0.3) is 5.56 Å². The van der Waals surface area contributed by atoms with Gasteiger partial charge in [0.2, 0.25) is 5.91 Å². The van der Waals surface area contributed by atoms with Gasteiger partial charge in [-0.15, -0.1) is 0 Å². The Morgan fingerprint density at radius 2 is 2.08 bits per heavy atom. The molecule has 1 aromatic heterocycles. The normalized spacial score (nSPS) is 16.5. The number of amides is 1. The van der Waals surface area contributed by atoms with Crippen LogP contribution in [0.1, 0.15) is 18.2 Å². The lowest BCUT2D eigenvalue weighted by molar-refractivity contribution is -0.122. The van der Waals surface area contributed by atoms with Crippen molar-refractivity contribution in [1.29, 1.82) is 0 Å². The van der Waals surface area contributed by atoms with Crippen LogP contribution in [0.4, 0.5) is 5.69 Å². The van der Waals surface area contributed by atoms with E-state index in [4.69, 9.17) is 0 Å². The summed E-state index contributed by atoms with van der Waals surface area (Å²) in [5.41, 5.74) is 2.39. The van der Waals surface area contributed by atoms with Crippen molar-refractivity contribution in [3.05, 3.63) is 51.9 Å². The Morgan fingerprint density at radius 3 is 2.75 bits per heavy atom. The smallest absolute Gasteiger partial charge is 0.257 e. The number of nitrogens with zero attached hydrogens (tertiary/aromatic N) is 3. The molecule has 2 aromatic rings. The van der Waals surface area contributed by atoms with Gasteiger partial charge in [-0.3, -0.25) is 14.2 Å². The summed E-state index contributed by atoms with van der Waals surface area (Å²) in [4.78, 5) is 31.7. The van der Waals surface area contributed by atoms with Crippen LogP contribution >= 0.6 is 11.8 Å². The highest BCUT2D eigenvalue weighted by atomic mass is 32.2. The number of carbonyl (C=O) groups excluding carboxylic acids is 1. The summed E-state index contributed by atoms with van der Waals surface area (Å²) in [6, 6.07) is 9.57. The first-order valence-corrected chi connectivity index (χ1v) is 9.07. The van der Waals surface area contributed by atoms with E-state index in [0.717, 1.165) is 22.1 Å². The molecule has 0 aliphatic carbocycles. The number of anilines is 1. The molecule has 0 N–H and O–H groups in total. The molecule has 0 saturated heterocycles. The van der Waals surface area contributed by atoms with Crippen LogP contribution in [0.2, 0.25) is 0 Å². The first-order valence-electron chi connectivity index (χ1n) is 8.08. The number of rotatable bonds is 3. The van der Waals surface area contributed by atoms with Crippen LogP contribution in [0.5, 0.6) is 0 Å². The fourth-order valence-corrected chi connectivity index (χ4v) is 4.12. The molecule has 24 heavy (non-hydrogen) atoms. The summed E-state index contributed by atoms with van der Waals surface area (Å²) in [7, 11) is 1.78. The van der Waals surface area contributed by atoms with E-state index in [1.54, 1.807) is 16.5 Å². The van der Waals surface area contributed by atoms with Gasteiger partial charge >= 0.3 is 0 Å². The molecule has 1 aromatic carbocycles. The van der Waals surface area contributed by atoms with E-state index < -0.39 is 0 Å². The molecule has 1 aliphatic rings. The van der Waals surface area contributed by atoms with E-state index in [-0.39, 0.29) is 17.4 Å². The zero-order valence-corrected chi connectivity index (χ0v) is 15.0. The van der Waals surface area contributed by atoms with Crippen LogP contribution in [0, 0.1) is 12.8 Å². The molecule has 0 spiro atoms. The predicted octanol–water partition coefficient (Wildman–Crippen LogP) is 2.50. The number of aryl methyl sites for hydroxylation is 1. The second-order valence-electron chi connectivity index (χ2n) is 5.97. The van der Waals surface area contributed by atoms with Crippen LogP contribution in [0.25, 0.3) is 0 Å². The monoisotopic (exact) mass is 343 g/mol. The molecule has 3 rings (SSSR count). The third-order valence-electron chi connectivity index (χ3n) is 4.43. The van der Waals surface area contributed by atoms with Crippen LogP contribution in [0.15, 0.2) is 40.3 Å². The molecular weight excluding hydrogens is 322 g/mol. The third-order valence-corrected chi connectivity index (χ3v) is 5.57. The average Bonchev–Trinajstić information content (AvgIpc) is 2.61. The van der Waals surface area contributed by atoms with Gasteiger partial charge in [-0.1, -0.05) is 36.9 Å². The van der Waals surface area contributed by atoms with Crippen molar-refractivity contribution in [2.75, 3.05) is 17.7 Å². The second kappa shape index (κ2) is 6.81. The first kappa shape index (κ1) is 16.8. The fourth-order valence-electron chi connectivity index (χ4n) is 3.00. The van der Waals surface area contributed by atoms with Crippen LogP contribution < -0.4 is 10.5 Å². The number of hydrogen-bond donors (Lipinski definition) is 0. The summed E-state index contributed by atoms with van der Waals surface area (Å²) in [6.45, 7) is 4.24.